The molecular formula is C20H18N2O2. The average molecular weight is 318 g/mol. The van der Waals surface area contributed by atoms with Crippen LogP contribution in [-0.2, 0) is 16.1 Å². The molecule has 3 aromatic rings. The molecule has 1 heterocycles. The minimum absolute atomic E-state index is 0.128. The first-order chi connectivity index (χ1) is 11.8. The summed E-state index contributed by atoms with van der Waals surface area (Å²) >= 11 is 0. The van der Waals surface area contributed by atoms with Gasteiger partial charge in [0.15, 0.2) is 0 Å². The van der Waals surface area contributed by atoms with Gasteiger partial charge in [0, 0.05) is 5.92 Å². The van der Waals surface area contributed by atoms with Gasteiger partial charge < -0.3 is 9.30 Å². The van der Waals surface area contributed by atoms with E-state index in [1.807, 2.05) is 41.0 Å². The van der Waals surface area contributed by atoms with Crippen LogP contribution in [0.5, 0.6) is 0 Å². The van der Waals surface area contributed by atoms with Crippen LogP contribution in [0.15, 0.2) is 60.9 Å². The van der Waals surface area contributed by atoms with E-state index in [0.29, 0.717) is 19.6 Å². The predicted molar refractivity (Wildman–Crippen MR) is 93.5 cm³/mol. The molecule has 1 unspecified atom stereocenters. The third kappa shape index (κ3) is 2.83. The molecule has 4 rings (SSSR count). The van der Waals surface area contributed by atoms with Crippen molar-refractivity contribution in [1.82, 2.24) is 9.55 Å². The fourth-order valence-electron chi connectivity index (χ4n) is 3.19. The van der Waals surface area contributed by atoms with Crippen LogP contribution in [0.25, 0.3) is 17.1 Å². The number of allylic oxidation sites excluding steroid dienone is 1. The Morgan fingerprint density at radius 1 is 1.12 bits per heavy atom. The number of imidazole rings is 1. The van der Waals surface area contributed by atoms with Gasteiger partial charge in [-0.1, -0.05) is 48.6 Å². The summed E-state index contributed by atoms with van der Waals surface area (Å²) in [5.74, 6) is -0.0338. The summed E-state index contributed by atoms with van der Waals surface area (Å²) in [6.07, 6.45) is 6.33. The standard InChI is InChI=1S/C20H18N2O2/c23-20(13-16-10-9-15-5-1-2-6-17(15)16)24-12-11-22-14-21-18-7-3-4-8-19(18)22/h1-10,14,16H,11-13H2. The minimum Gasteiger partial charge on any atom is -0.464 e. The van der Waals surface area contributed by atoms with Crippen molar-refractivity contribution in [2.75, 3.05) is 6.61 Å². The minimum atomic E-state index is -0.161. The van der Waals surface area contributed by atoms with Crippen LogP contribution in [0.4, 0.5) is 0 Å². The lowest BCUT2D eigenvalue weighted by Gasteiger charge is -2.11. The highest BCUT2D eigenvalue weighted by atomic mass is 16.5. The van der Waals surface area contributed by atoms with E-state index in [0.717, 1.165) is 11.0 Å². The number of esters is 1. The summed E-state index contributed by atoms with van der Waals surface area (Å²) in [7, 11) is 0. The molecule has 0 aliphatic heterocycles. The SMILES string of the molecule is O=C(CC1C=Cc2ccccc21)OCCn1cnc2ccccc21. The molecule has 0 radical (unpaired) electrons. The molecule has 0 spiro atoms. The lowest BCUT2D eigenvalue weighted by molar-refractivity contribution is -0.144. The molecule has 1 aliphatic rings. The average Bonchev–Trinajstić information content (AvgIpc) is 3.20. The summed E-state index contributed by atoms with van der Waals surface area (Å²) in [6, 6.07) is 16.1. The summed E-state index contributed by atoms with van der Waals surface area (Å²) < 4.78 is 7.43. The second-order valence-electron chi connectivity index (χ2n) is 5.95. The van der Waals surface area contributed by atoms with Crippen LogP contribution in [0.1, 0.15) is 23.5 Å². The van der Waals surface area contributed by atoms with Gasteiger partial charge in [-0.3, -0.25) is 4.79 Å². The number of para-hydroxylation sites is 2. The molecule has 2 aromatic carbocycles. The Labute approximate surface area is 140 Å². The first kappa shape index (κ1) is 14.7. The number of rotatable bonds is 5. The number of aromatic nitrogens is 2. The third-order valence-corrected chi connectivity index (χ3v) is 4.41. The smallest absolute Gasteiger partial charge is 0.306 e. The quantitative estimate of drug-likeness (QED) is 0.672. The molecule has 0 saturated heterocycles. The molecule has 0 N–H and O–H groups in total. The molecule has 0 saturated carbocycles. The van der Waals surface area contributed by atoms with E-state index in [1.165, 1.54) is 11.1 Å². The van der Waals surface area contributed by atoms with E-state index in [9.17, 15) is 4.79 Å². The number of ether oxygens (including phenoxy) is 1. The largest absolute Gasteiger partial charge is 0.464 e. The summed E-state index contributed by atoms with van der Waals surface area (Å²) in [5.41, 5.74) is 4.41. The van der Waals surface area contributed by atoms with Gasteiger partial charge in [0.05, 0.1) is 30.3 Å². The normalized spacial score (nSPS) is 15.6. The second-order valence-corrected chi connectivity index (χ2v) is 5.95. The maximum absolute atomic E-state index is 12.1. The van der Waals surface area contributed by atoms with E-state index in [-0.39, 0.29) is 11.9 Å². The molecule has 24 heavy (non-hydrogen) atoms. The zero-order chi connectivity index (χ0) is 16.4. The van der Waals surface area contributed by atoms with Gasteiger partial charge in [-0.15, -0.1) is 0 Å². The van der Waals surface area contributed by atoms with Gasteiger partial charge in [0.25, 0.3) is 0 Å². The number of nitrogens with zero attached hydrogens (tertiary/aromatic N) is 2. The monoisotopic (exact) mass is 318 g/mol. The molecule has 1 aliphatic carbocycles. The number of carbonyl (C=O) groups is 1. The Balaban J connectivity index is 1.32. The van der Waals surface area contributed by atoms with Crippen molar-refractivity contribution in [3.63, 3.8) is 0 Å². The molecule has 4 heteroatoms. The van der Waals surface area contributed by atoms with Crippen LogP contribution >= 0.6 is 0 Å². The Hall–Kier alpha value is -2.88. The van der Waals surface area contributed by atoms with E-state index < -0.39 is 0 Å². The summed E-state index contributed by atoms with van der Waals surface area (Å²) in [5, 5.41) is 0. The lowest BCUT2D eigenvalue weighted by Crippen LogP contribution is -2.13. The van der Waals surface area contributed by atoms with Crippen molar-refractivity contribution in [3.8, 4) is 0 Å². The summed E-state index contributed by atoms with van der Waals surface area (Å²) in [6.45, 7) is 0.973. The highest BCUT2D eigenvalue weighted by molar-refractivity contribution is 5.75. The van der Waals surface area contributed by atoms with Crippen molar-refractivity contribution >= 4 is 23.1 Å². The van der Waals surface area contributed by atoms with Crippen molar-refractivity contribution < 1.29 is 9.53 Å². The highest BCUT2D eigenvalue weighted by Gasteiger charge is 2.20. The zero-order valence-corrected chi connectivity index (χ0v) is 13.3. The van der Waals surface area contributed by atoms with Crippen LogP contribution < -0.4 is 0 Å². The van der Waals surface area contributed by atoms with Gasteiger partial charge in [-0.2, -0.15) is 0 Å². The number of benzene rings is 2. The fraction of sp³-hybridized carbons (Fsp3) is 0.200. The molecule has 0 bridgehead atoms. The van der Waals surface area contributed by atoms with Crippen LogP contribution in [-0.4, -0.2) is 22.1 Å². The maximum Gasteiger partial charge on any atom is 0.306 e. The highest BCUT2D eigenvalue weighted by Crippen LogP contribution is 2.32. The summed E-state index contributed by atoms with van der Waals surface area (Å²) in [4.78, 5) is 16.5. The van der Waals surface area contributed by atoms with Gasteiger partial charge in [0.1, 0.15) is 6.61 Å². The van der Waals surface area contributed by atoms with E-state index in [4.69, 9.17) is 4.74 Å². The molecule has 120 valence electrons. The number of carbonyl (C=O) groups excluding carboxylic acids is 1. The molecular weight excluding hydrogens is 300 g/mol. The third-order valence-electron chi connectivity index (χ3n) is 4.41. The van der Waals surface area contributed by atoms with Gasteiger partial charge >= 0.3 is 5.97 Å². The Bertz CT molecular complexity index is 911. The van der Waals surface area contributed by atoms with Gasteiger partial charge in [-0.25, -0.2) is 4.98 Å². The Morgan fingerprint density at radius 2 is 1.96 bits per heavy atom. The van der Waals surface area contributed by atoms with Crippen molar-refractivity contribution in [1.29, 1.82) is 0 Å². The van der Waals surface area contributed by atoms with Crippen molar-refractivity contribution in [2.24, 2.45) is 0 Å². The first-order valence-corrected chi connectivity index (χ1v) is 8.14. The van der Waals surface area contributed by atoms with Gasteiger partial charge in [-0.05, 0) is 23.3 Å². The fourth-order valence-corrected chi connectivity index (χ4v) is 3.19. The van der Waals surface area contributed by atoms with Crippen LogP contribution in [0.3, 0.4) is 0 Å². The first-order valence-electron chi connectivity index (χ1n) is 8.14. The zero-order valence-electron chi connectivity index (χ0n) is 13.3. The van der Waals surface area contributed by atoms with Crippen LogP contribution in [0.2, 0.25) is 0 Å². The van der Waals surface area contributed by atoms with Crippen molar-refractivity contribution in [2.45, 2.75) is 18.9 Å². The number of hydrogen-bond donors (Lipinski definition) is 0. The molecule has 1 aromatic heterocycles. The van der Waals surface area contributed by atoms with Crippen LogP contribution in [0, 0.1) is 0 Å². The lowest BCUT2D eigenvalue weighted by atomic mass is 9.98. The van der Waals surface area contributed by atoms with E-state index in [2.05, 4.69) is 29.3 Å². The second kappa shape index (κ2) is 6.32. The number of hydrogen-bond acceptors (Lipinski definition) is 3. The molecule has 1 atom stereocenters. The van der Waals surface area contributed by atoms with E-state index in [1.54, 1.807) is 6.33 Å². The maximum atomic E-state index is 12.1. The Kier molecular flexibility index (Phi) is 3.87. The predicted octanol–water partition coefficient (Wildman–Crippen LogP) is 3.78. The molecule has 4 nitrogen and oxygen atoms in total. The van der Waals surface area contributed by atoms with Gasteiger partial charge in [0.2, 0.25) is 0 Å². The Morgan fingerprint density at radius 3 is 2.92 bits per heavy atom. The van der Waals surface area contributed by atoms with Crippen molar-refractivity contribution in [3.05, 3.63) is 72.1 Å². The molecule has 0 fully saturated rings. The van der Waals surface area contributed by atoms with E-state index >= 15 is 0 Å². The topological polar surface area (TPSA) is 44.1 Å². The molecule has 0 amide bonds. The number of fused-ring (bicyclic) bond motifs is 2.